The van der Waals surface area contributed by atoms with E-state index in [9.17, 15) is 5.11 Å². The Labute approximate surface area is 372 Å². The molecule has 0 fully saturated rings. The van der Waals surface area contributed by atoms with Gasteiger partial charge in [0.05, 0.1) is 22.3 Å². The molecule has 0 unspecified atom stereocenters. The molecule has 0 aliphatic heterocycles. The predicted molar refractivity (Wildman–Crippen MR) is 265 cm³/mol. The second-order valence-corrected chi connectivity index (χ2v) is 18.6. The summed E-state index contributed by atoms with van der Waals surface area (Å²) in [5.41, 5.74) is 18.7. The van der Waals surface area contributed by atoms with Gasteiger partial charge in [0, 0.05) is 23.0 Å². The van der Waals surface area contributed by atoms with Crippen LogP contribution in [0.1, 0.15) is 82.6 Å². The summed E-state index contributed by atoms with van der Waals surface area (Å²) in [7, 11) is 0. The maximum atomic E-state index is 12.3. The van der Waals surface area contributed by atoms with Crippen LogP contribution in [0.3, 0.4) is 0 Å². The largest absolute Gasteiger partial charge is 0.507 e. The van der Waals surface area contributed by atoms with Crippen LogP contribution in [0.5, 0.6) is 5.75 Å². The van der Waals surface area contributed by atoms with Gasteiger partial charge in [0.25, 0.3) is 0 Å². The molecule has 0 bridgehead atoms. The molecule has 0 radical (unpaired) electrons. The minimum Gasteiger partial charge on any atom is -0.507 e. The van der Waals surface area contributed by atoms with Gasteiger partial charge in [-0.25, -0.2) is 4.98 Å². The molecule has 0 aliphatic carbocycles. The maximum absolute atomic E-state index is 12.3. The summed E-state index contributed by atoms with van der Waals surface area (Å²) in [5.74, 6) is 1.34. The minimum atomic E-state index is -0.134. The molecule has 312 valence electrons. The Morgan fingerprint density at radius 2 is 1.16 bits per heavy atom. The number of hydrogen-bond acceptors (Lipinski definition) is 3. The molecule has 0 aliphatic rings. The number of rotatable bonds is 9. The summed E-state index contributed by atoms with van der Waals surface area (Å²) in [6.07, 6.45) is 1.91. The van der Waals surface area contributed by atoms with Gasteiger partial charge in [-0.15, -0.1) is 0 Å². The predicted octanol–water partition coefficient (Wildman–Crippen LogP) is 16.0. The molecule has 0 saturated carbocycles. The van der Waals surface area contributed by atoms with Crippen LogP contribution in [-0.4, -0.2) is 19.6 Å². The van der Waals surface area contributed by atoms with E-state index in [1.807, 2.05) is 6.20 Å². The molecule has 4 heteroatoms. The Morgan fingerprint density at radius 3 is 1.81 bits per heavy atom. The van der Waals surface area contributed by atoms with Crippen LogP contribution in [0.2, 0.25) is 0 Å². The number of para-hydroxylation sites is 1. The lowest BCUT2D eigenvalue weighted by Gasteiger charge is -2.23. The smallest absolute Gasteiger partial charge is 0.149 e. The Balaban J connectivity index is 1.34. The third-order valence-electron chi connectivity index (χ3n) is 12.3. The van der Waals surface area contributed by atoms with Gasteiger partial charge < -0.3 is 5.11 Å². The summed E-state index contributed by atoms with van der Waals surface area (Å²) >= 11 is 0. The second-order valence-electron chi connectivity index (χ2n) is 18.6. The molecule has 4 nitrogen and oxygen atoms in total. The summed E-state index contributed by atoms with van der Waals surface area (Å²) in [4.78, 5) is 10.6. The van der Waals surface area contributed by atoms with Crippen molar-refractivity contribution in [2.75, 3.05) is 0 Å². The van der Waals surface area contributed by atoms with Crippen molar-refractivity contribution in [2.45, 2.75) is 72.6 Å². The van der Waals surface area contributed by atoms with Crippen molar-refractivity contribution in [1.82, 2.24) is 14.5 Å². The molecular formula is C59H55N3O. The number of fused-ring (bicyclic) bond motifs is 1. The van der Waals surface area contributed by atoms with Gasteiger partial charge in [0.1, 0.15) is 11.6 Å². The Hall–Kier alpha value is -7.04. The molecule has 0 atom stereocenters. The van der Waals surface area contributed by atoms with Crippen molar-refractivity contribution in [2.24, 2.45) is 0 Å². The Kier molecular flexibility index (Phi) is 10.9. The first-order chi connectivity index (χ1) is 30.3. The molecule has 0 saturated heterocycles. The number of aryl methyl sites for hydroxylation is 1. The van der Waals surface area contributed by atoms with E-state index in [0.717, 1.165) is 83.6 Å². The number of aromatic nitrogens is 3. The highest BCUT2D eigenvalue weighted by molar-refractivity contribution is 5.98. The van der Waals surface area contributed by atoms with Gasteiger partial charge in [-0.2, -0.15) is 0 Å². The third-order valence-corrected chi connectivity index (χ3v) is 12.3. The topological polar surface area (TPSA) is 50.9 Å². The van der Waals surface area contributed by atoms with E-state index < -0.39 is 0 Å². The molecule has 9 rings (SSSR count). The molecule has 2 heterocycles. The average molecular weight is 822 g/mol. The van der Waals surface area contributed by atoms with E-state index in [2.05, 4.69) is 224 Å². The lowest BCUT2D eigenvalue weighted by molar-refractivity contribution is 0.466. The van der Waals surface area contributed by atoms with Gasteiger partial charge in [-0.1, -0.05) is 163 Å². The average Bonchev–Trinajstić information content (AvgIpc) is 3.69. The van der Waals surface area contributed by atoms with Crippen molar-refractivity contribution < 1.29 is 5.11 Å². The monoisotopic (exact) mass is 821 g/mol. The van der Waals surface area contributed by atoms with Crippen LogP contribution in [0.25, 0.3) is 83.9 Å². The number of hydrogen-bond donors (Lipinski definition) is 1. The first-order valence-corrected chi connectivity index (χ1v) is 22.2. The van der Waals surface area contributed by atoms with Crippen molar-refractivity contribution in [3.8, 4) is 78.6 Å². The number of pyridine rings is 1. The molecule has 63 heavy (non-hydrogen) atoms. The summed E-state index contributed by atoms with van der Waals surface area (Å²) in [5, 5.41) is 12.3. The lowest BCUT2D eigenvalue weighted by Crippen LogP contribution is -2.12. The van der Waals surface area contributed by atoms with Crippen LogP contribution in [0, 0.1) is 6.92 Å². The molecule has 9 aromatic rings. The zero-order valence-corrected chi connectivity index (χ0v) is 37.6. The van der Waals surface area contributed by atoms with E-state index in [1.54, 1.807) is 0 Å². The molecule has 0 spiro atoms. The Bertz CT molecular complexity index is 3100. The summed E-state index contributed by atoms with van der Waals surface area (Å²) < 4.78 is 2.28. The van der Waals surface area contributed by atoms with E-state index >= 15 is 0 Å². The maximum Gasteiger partial charge on any atom is 0.149 e. The van der Waals surface area contributed by atoms with Gasteiger partial charge in [-0.3, -0.25) is 9.55 Å². The minimum absolute atomic E-state index is 0.113. The van der Waals surface area contributed by atoms with Crippen molar-refractivity contribution in [3.63, 3.8) is 0 Å². The SMILES string of the molecule is Cc1ccc(-c2ccnc(-c3cc(-c4ccccc4)cc(-c4cccc5c4nc(-c4cc(C(C)C)cc(C(C)C)c4O)n5-c4cc(-c5ccccc5)cc(C(C)(C)C)c4)c3)c2)cc1. The highest BCUT2D eigenvalue weighted by Crippen LogP contribution is 2.44. The number of aromatic hydroxyl groups is 1. The highest BCUT2D eigenvalue weighted by Gasteiger charge is 2.25. The van der Waals surface area contributed by atoms with Crippen molar-refractivity contribution >= 4 is 11.0 Å². The number of benzene rings is 7. The molecular weight excluding hydrogens is 767 g/mol. The van der Waals surface area contributed by atoms with Gasteiger partial charge in [0.15, 0.2) is 0 Å². The molecule has 0 amide bonds. The number of phenolic OH excluding ortho intramolecular Hbond substituents is 1. The van der Waals surface area contributed by atoms with Crippen molar-refractivity contribution in [3.05, 3.63) is 192 Å². The summed E-state index contributed by atoms with van der Waals surface area (Å²) in [6, 6.07) is 58.6. The van der Waals surface area contributed by atoms with E-state index in [4.69, 9.17) is 9.97 Å². The second kappa shape index (κ2) is 16.7. The first-order valence-electron chi connectivity index (χ1n) is 22.2. The van der Waals surface area contributed by atoms with Gasteiger partial charge in [-0.05, 0) is 134 Å². The van der Waals surface area contributed by atoms with E-state index in [1.165, 1.54) is 16.7 Å². The van der Waals surface area contributed by atoms with Crippen LogP contribution in [0.4, 0.5) is 0 Å². The fourth-order valence-corrected chi connectivity index (χ4v) is 8.61. The standard InChI is InChI=1S/C59H55N3O/c1-37(2)44-33-52(38(3)4)57(63)53(34-44)58-61-56-51(20-15-21-55(56)62(58)50-32-46(41-18-13-10-14-19-41)31-49(36-50)59(6,7)8)47-28-45(40-16-11-9-12-17-40)29-48(30-47)54-35-43(26-27-60-54)42-24-22-39(5)23-25-42/h9-38,63H,1-8H3. The summed E-state index contributed by atoms with van der Waals surface area (Å²) in [6.45, 7) is 17.6. The van der Waals surface area contributed by atoms with E-state index in [0.29, 0.717) is 5.82 Å². The van der Waals surface area contributed by atoms with Gasteiger partial charge in [0.2, 0.25) is 0 Å². The molecule has 2 aromatic heterocycles. The molecule has 1 N–H and O–H groups in total. The number of nitrogens with zero attached hydrogens (tertiary/aromatic N) is 3. The lowest BCUT2D eigenvalue weighted by atomic mass is 9.85. The molecule has 7 aromatic carbocycles. The third kappa shape index (κ3) is 8.22. The van der Waals surface area contributed by atoms with Crippen LogP contribution < -0.4 is 0 Å². The van der Waals surface area contributed by atoms with Crippen LogP contribution in [0.15, 0.2) is 170 Å². The Morgan fingerprint density at radius 1 is 0.524 bits per heavy atom. The van der Waals surface area contributed by atoms with Crippen LogP contribution >= 0.6 is 0 Å². The van der Waals surface area contributed by atoms with Crippen LogP contribution in [-0.2, 0) is 5.41 Å². The number of imidazole rings is 1. The van der Waals surface area contributed by atoms with Crippen molar-refractivity contribution in [1.29, 1.82) is 0 Å². The number of phenols is 1. The van der Waals surface area contributed by atoms with Gasteiger partial charge >= 0.3 is 0 Å². The fraction of sp³-hybridized carbons (Fsp3) is 0.186. The van der Waals surface area contributed by atoms with E-state index in [-0.39, 0.29) is 23.0 Å². The normalized spacial score (nSPS) is 11.8. The zero-order valence-electron chi connectivity index (χ0n) is 37.6. The zero-order chi connectivity index (χ0) is 44.0. The quantitative estimate of drug-likeness (QED) is 0.158. The fourth-order valence-electron chi connectivity index (χ4n) is 8.61. The first kappa shape index (κ1) is 41.3. The highest BCUT2D eigenvalue weighted by atomic mass is 16.3.